The van der Waals surface area contributed by atoms with E-state index in [-0.39, 0.29) is 21.9 Å². The Morgan fingerprint density at radius 2 is 1.54 bits per heavy atom. The highest BCUT2D eigenvalue weighted by Gasteiger charge is 2.41. The summed E-state index contributed by atoms with van der Waals surface area (Å²) < 4.78 is 5.85. The van der Waals surface area contributed by atoms with Crippen LogP contribution in [0.1, 0.15) is 41.5 Å². The summed E-state index contributed by atoms with van der Waals surface area (Å²) in [5, 5.41) is 10.5. The van der Waals surface area contributed by atoms with Gasteiger partial charge in [-0.2, -0.15) is 0 Å². The Kier molecular flexibility index (Phi) is 6.46. The maximum Gasteiger partial charge on any atom is 0.325 e. The van der Waals surface area contributed by atoms with Crippen LogP contribution in [0, 0.1) is 10.1 Å². The van der Waals surface area contributed by atoms with Gasteiger partial charge in [0.05, 0.1) is 10.5 Å². The molecule has 0 spiro atoms. The number of para-hydroxylation sites is 1. The van der Waals surface area contributed by atoms with Crippen molar-refractivity contribution in [3.63, 3.8) is 0 Å². The normalized spacial score (nSPS) is 11.8. The summed E-state index contributed by atoms with van der Waals surface area (Å²) in [7, 11) is -2.33. The lowest BCUT2D eigenvalue weighted by atomic mass is 10.2. The number of carbonyl (C=O) groups is 2. The number of thioether (sulfide) groups is 1. The predicted molar refractivity (Wildman–Crippen MR) is 112 cm³/mol. The highest BCUT2D eigenvalue weighted by atomic mass is 32.2. The van der Waals surface area contributed by atoms with Crippen molar-refractivity contribution < 1.29 is 18.9 Å². The molecule has 0 unspecified atom stereocenters. The first kappa shape index (κ1) is 21.8. The molecule has 0 fully saturated rings. The Labute approximate surface area is 169 Å². The summed E-state index contributed by atoms with van der Waals surface area (Å²) in [5.74, 6) is -0.481. The van der Waals surface area contributed by atoms with E-state index in [0.29, 0.717) is 4.90 Å². The van der Waals surface area contributed by atoms with Gasteiger partial charge in [0.1, 0.15) is 5.56 Å². The highest BCUT2D eigenvalue weighted by molar-refractivity contribution is 8.14. The maximum atomic E-state index is 12.8. The van der Waals surface area contributed by atoms with Crippen LogP contribution in [0.3, 0.4) is 0 Å². The molecule has 0 aliphatic rings. The first-order valence-corrected chi connectivity index (χ1v) is 12.4. The quantitative estimate of drug-likeness (QED) is 0.269. The number of carbonyl (C=O) groups excluding carboxylic acids is 2. The fraction of sp³-hybridized carbons (Fsp3) is 0.300. The number of nitro groups is 1. The molecule has 0 saturated heterocycles. The fourth-order valence-corrected chi connectivity index (χ4v) is 3.89. The van der Waals surface area contributed by atoms with Crippen molar-refractivity contribution in [3.8, 4) is 0 Å². The molecule has 6 nitrogen and oxygen atoms in total. The molecule has 0 saturated carbocycles. The molecule has 8 heteroatoms. The molecular formula is C20H23NO5SSi. The maximum absolute atomic E-state index is 12.8. The van der Waals surface area contributed by atoms with Crippen LogP contribution in [0.15, 0.2) is 53.4 Å². The van der Waals surface area contributed by atoms with Crippen molar-refractivity contribution in [3.05, 3.63) is 69.8 Å². The monoisotopic (exact) mass is 417 g/mol. The van der Waals surface area contributed by atoms with Crippen LogP contribution in [0.25, 0.3) is 0 Å². The Morgan fingerprint density at radius 1 is 1.00 bits per heavy atom. The topological polar surface area (TPSA) is 86.5 Å². The van der Waals surface area contributed by atoms with Gasteiger partial charge in [0.2, 0.25) is 5.12 Å². The van der Waals surface area contributed by atoms with Gasteiger partial charge in [0.25, 0.3) is 14.0 Å². The molecule has 148 valence electrons. The molecule has 2 aromatic carbocycles. The summed E-state index contributed by atoms with van der Waals surface area (Å²) in [5.41, 5.74) is 0.00987. The van der Waals surface area contributed by atoms with Gasteiger partial charge in [0.15, 0.2) is 0 Å². The van der Waals surface area contributed by atoms with Gasteiger partial charge in [0, 0.05) is 11.0 Å². The second-order valence-electron chi connectivity index (χ2n) is 7.81. The van der Waals surface area contributed by atoms with Crippen LogP contribution < -0.4 is 0 Å². The number of nitrogens with zero attached hydrogens (tertiary/aromatic N) is 1. The summed E-state index contributed by atoms with van der Waals surface area (Å²) in [6.45, 7) is 10.0. The minimum Gasteiger partial charge on any atom is -0.516 e. The third-order valence-corrected chi connectivity index (χ3v) is 10.1. The van der Waals surface area contributed by atoms with Crippen LogP contribution in [0.2, 0.25) is 18.1 Å². The standard InChI is InChI=1S/C20H23NO5SSi/c1-20(2,3)28(4,5)26-18(22)15-11-7-9-13-17(15)27-19(23)14-10-6-8-12-16(14)21(24)25/h6-13H,1-5H3. The van der Waals surface area contributed by atoms with E-state index in [1.165, 1.54) is 18.2 Å². The molecule has 2 rings (SSSR count). The van der Waals surface area contributed by atoms with E-state index in [1.807, 2.05) is 33.9 Å². The lowest BCUT2D eigenvalue weighted by molar-refractivity contribution is -0.385. The zero-order valence-electron chi connectivity index (χ0n) is 16.5. The molecule has 2 aromatic rings. The van der Waals surface area contributed by atoms with Gasteiger partial charge >= 0.3 is 5.97 Å². The van der Waals surface area contributed by atoms with Gasteiger partial charge in [-0.05, 0) is 48.1 Å². The number of nitro benzene ring substituents is 1. The van der Waals surface area contributed by atoms with E-state index in [1.54, 1.807) is 30.3 Å². The van der Waals surface area contributed by atoms with Crippen LogP contribution in [-0.4, -0.2) is 24.3 Å². The number of hydrogen-bond acceptors (Lipinski definition) is 6. The Balaban J connectivity index is 2.31. The second kappa shape index (κ2) is 8.28. The van der Waals surface area contributed by atoms with Gasteiger partial charge in [-0.25, -0.2) is 4.79 Å². The zero-order chi connectivity index (χ0) is 21.1. The molecule has 28 heavy (non-hydrogen) atoms. The first-order valence-electron chi connectivity index (χ1n) is 8.72. The van der Waals surface area contributed by atoms with Crippen LogP contribution >= 0.6 is 11.8 Å². The molecule has 0 aliphatic heterocycles. The third kappa shape index (κ3) is 4.88. The number of hydrogen-bond donors (Lipinski definition) is 0. The predicted octanol–water partition coefficient (Wildman–Crippen LogP) is 5.69. The van der Waals surface area contributed by atoms with Crippen molar-refractivity contribution in [2.75, 3.05) is 0 Å². The first-order chi connectivity index (χ1) is 12.9. The van der Waals surface area contributed by atoms with Gasteiger partial charge in [-0.1, -0.05) is 45.0 Å². The lowest BCUT2D eigenvalue weighted by Gasteiger charge is -2.35. The van der Waals surface area contributed by atoms with Gasteiger partial charge in [-0.15, -0.1) is 0 Å². The SMILES string of the molecule is CC(C)(C)[Si](C)(C)OC(=O)c1ccccc1SC(=O)c1ccccc1[N+](=O)[O-]. The van der Waals surface area contributed by atoms with Crippen LogP contribution in [-0.2, 0) is 4.43 Å². The summed E-state index contributed by atoms with van der Waals surface area (Å²) in [6.07, 6.45) is 0. The highest BCUT2D eigenvalue weighted by Crippen LogP contribution is 2.38. The Hall–Kier alpha value is -2.45. The molecule has 0 N–H and O–H groups in total. The number of benzene rings is 2. The molecule has 0 radical (unpaired) electrons. The Bertz CT molecular complexity index is 921. The van der Waals surface area contributed by atoms with E-state index in [0.717, 1.165) is 11.8 Å². The minimum atomic E-state index is -2.33. The van der Waals surface area contributed by atoms with E-state index >= 15 is 0 Å². The molecule has 0 amide bonds. The van der Waals surface area contributed by atoms with Gasteiger partial charge in [-0.3, -0.25) is 14.9 Å². The van der Waals surface area contributed by atoms with Crippen molar-refractivity contribution in [2.24, 2.45) is 0 Å². The summed E-state index contributed by atoms with van der Waals surface area (Å²) in [4.78, 5) is 36.5. The van der Waals surface area contributed by atoms with Gasteiger partial charge < -0.3 is 4.43 Å². The molecular weight excluding hydrogens is 394 g/mol. The second-order valence-corrected chi connectivity index (χ2v) is 13.5. The third-order valence-electron chi connectivity index (χ3n) is 4.78. The van der Waals surface area contributed by atoms with E-state index < -0.39 is 24.3 Å². The largest absolute Gasteiger partial charge is 0.516 e. The lowest BCUT2D eigenvalue weighted by Crippen LogP contribution is -2.42. The average Bonchev–Trinajstić information content (AvgIpc) is 2.60. The molecule has 0 heterocycles. The van der Waals surface area contributed by atoms with Crippen molar-refractivity contribution in [1.29, 1.82) is 0 Å². The molecule has 0 atom stereocenters. The Morgan fingerprint density at radius 3 is 2.11 bits per heavy atom. The fourth-order valence-electron chi connectivity index (χ4n) is 2.12. The van der Waals surface area contributed by atoms with E-state index in [9.17, 15) is 19.7 Å². The summed E-state index contributed by atoms with van der Waals surface area (Å²) >= 11 is 0.788. The van der Waals surface area contributed by atoms with Crippen LogP contribution in [0.4, 0.5) is 5.69 Å². The molecule has 0 bridgehead atoms. The average molecular weight is 418 g/mol. The molecule has 0 aromatic heterocycles. The van der Waals surface area contributed by atoms with Crippen LogP contribution in [0.5, 0.6) is 0 Å². The van der Waals surface area contributed by atoms with Crippen molar-refractivity contribution in [2.45, 2.75) is 43.8 Å². The summed E-state index contributed by atoms with van der Waals surface area (Å²) in [6, 6.07) is 12.4. The van der Waals surface area contributed by atoms with E-state index in [4.69, 9.17) is 4.43 Å². The van der Waals surface area contributed by atoms with E-state index in [2.05, 4.69) is 0 Å². The number of rotatable bonds is 5. The van der Waals surface area contributed by atoms with Crippen molar-refractivity contribution in [1.82, 2.24) is 0 Å². The smallest absolute Gasteiger partial charge is 0.325 e. The molecule has 0 aliphatic carbocycles. The zero-order valence-corrected chi connectivity index (χ0v) is 18.3. The van der Waals surface area contributed by atoms with Crippen molar-refractivity contribution >= 4 is 36.9 Å². The minimum absolute atomic E-state index is 0.00920.